The Morgan fingerprint density at radius 3 is 2.00 bits per heavy atom. The van der Waals surface area contributed by atoms with E-state index in [1.807, 2.05) is 36.1 Å². The van der Waals surface area contributed by atoms with E-state index in [2.05, 4.69) is 39.4 Å². The molecule has 0 radical (unpaired) electrons. The topological polar surface area (TPSA) is 38.8 Å². The number of nitrogens with one attached hydrogen (secondary N) is 1. The summed E-state index contributed by atoms with van der Waals surface area (Å²) >= 11 is 0. The van der Waals surface area contributed by atoms with Crippen molar-refractivity contribution in [1.29, 1.82) is 0 Å². The fourth-order valence-electron chi connectivity index (χ4n) is 4.12. The lowest BCUT2D eigenvalue weighted by molar-refractivity contribution is 0.208. The van der Waals surface area contributed by atoms with Crippen molar-refractivity contribution in [3.63, 3.8) is 0 Å². The van der Waals surface area contributed by atoms with Gasteiger partial charge in [0.15, 0.2) is 0 Å². The number of benzene rings is 2. The first kappa shape index (κ1) is 18.7. The monoisotopic (exact) mass is 378 g/mol. The van der Waals surface area contributed by atoms with Crippen LogP contribution in [0.4, 0.5) is 21.9 Å². The van der Waals surface area contributed by atoms with Crippen LogP contribution in [-0.4, -0.2) is 50.2 Å². The highest BCUT2D eigenvalue weighted by Crippen LogP contribution is 2.24. The van der Waals surface area contributed by atoms with Gasteiger partial charge in [-0.25, -0.2) is 4.79 Å². The Bertz CT molecular complexity index is 791. The zero-order chi connectivity index (χ0) is 19.3. The minimum atomic E-state index is -0.00861. The van der Waals surface area contributed by atoms with E-state index < -0.39 is 0 Å². The van der Waals surface area contributed by atoms with Crippen LogP contribution < -0.4 is 15.1 Å². The average molecular weight is 379 g/mol. The predicted octanol–water partition coefficient (Wildman–Crippen LogP) is 4.34. The summed E-state index contributed by atoms with van der Waals surface area (Å²) in [5.74, 6) is 0. The molecule has 2 heterocycles. The minimum Gasteiger partial charge on any atom is -0.372 e. The molecule has 0 unspecified atom stereocenters. The molecule has 148 valence electrons. The number of carbonyl (C=O) groups excluding carboxylic acids is 1. The van der Waals surface area contributed by atoms with Crippen LogP contribution >= 0.6 is 0 Å². The molecule has 2 aliphatic rings. The Morgan fingerprint density at radius 1 is 0.786 bits per heavy atom. The van der Waals surface area contributed by atoms with Gasteiger partial charge in [0.1, 0.15) is 0 Å². The lowest BCUT2D eigenvalue weighted by Gasteiger charge is -2.36. The van der Waals surface area contributed by atoms with E-state index in [0.29, 0.717) is 0 Å². The van der Waals surface area contributed by atoms with Crippen LogP contribution in [0.5, 0.6) is 0 Å². The number of aryl methyl sites for hydroxylation is 1. The number of urea groups is 1. The SMILES string of the molecule is Cc1cccc(NC(=O)N2CCN(c3ccc(N4CCCCC4)cc3)CC2)c1. The second kappa shape index (κ2) is 8.55. The summed E-state index contributed by atoms with van der Waals surface area (Å²) in [6, 6.07) is 16.9. The Morgan fingerprint density at radius 2 is 1.39 bits per heavy atom. The van der Waals surface area contributed by atoms with Crippen molar-refractivity contribution < 1.29 is 4.79 Å². The van der Waals surface area contributed by atoms with Crippen LogP contribution in [0, 0.1) is 6.92 Å². The Balaban J connectivity index is 1.30. The summed E-state index contributed by atoms with van der Waals surface area (Å²) in [5, 5.41) is 3.01. The first-order valence-electron chi connectivity index (χ1n) is 10.4. The highest BCUT2D eigenvalue weighted by Gasteiger charge is 2.21. The van der Waals surface area contributed by atoms with Crippen molar-refractivity contribution in [2.45, 2.75) is 26.2 Å². The molecule has 4 rings (SSSR count). The molecule has 0 saturated carbocycles. The molecule has 0 aliphatic carbocycles. The van der Waals surface area contributed by atoms with Gasteiger partial charge in [-0.3, -0.25) is 0 Å². The van der Waals surface area contributed by atoms with Crippen molar-refractivity contribution >= 4 is 23.1 Å². The van der Waals surface area contributed by atoms with E-state index in [1.54, 1.807) is 0 Å². The zero-order valence-corrected chi connectivity index (χ0v) is 16.7. The van der Waals surface area contributed by atoms with E-state index in [4.69, 9.17) is 0 Å². The number of hydrogen-bond donors (Lipinski definition) is 1. The van der Waals surface area contributed by atoms with Crippen LogP contribution in [0.1, 0.15) is 24.8 Å². The average Bonchev–Trinajstić information content (AvgIpc) is 2.75. The van der Waals surface area contributed by atoms with Gasteiger partial charge < -0.3 is 20.0 Å². The Labute approximate surface area is 167 Å². The fraction of sp³-hybridized carbons (Fsp3) is 0.435. The molecular weight excluding hydrogens is 348 g/mol. The number of piperidine rings is 1. The number of amides is 2. The number of nitrogens with zero attached hydrogens (tertiary/aromatic N) is 3. The zero-order valence-electron chi connectivity index (χ0n) is 16.7. The number of carbonyl (C=O) groups is 1. The largest absolute Gasteiger partial charge is 0.372 e. The quantitative estimate of drug-likeness (QED) is 0.863. The lowest BCUT2D eigenvalue weighted by Crippen LogP contribution is -2.50. The van der Waals surface area contributed by atoms with E-state index in [-0.39, 0.29) is 6.03 Å². The van der Waals surface area contributed by atoms with Crippen LogP contribution in [0.3, 0.4) is 0 Å². The summed E-state index contributed by atoms with van der Waals surface area (Å²) in [6.45, 7) is 7.60. The second-order valence-corrected chi connectivity index (χ2v) is 7.84. The summed E-state index contributed by atoms with van der Waals surface area (Å²) in [7, 11) is 0. The van der Waals surface area contributed by atoms with E-state index in [0.717, 1.165) is 37.4 Å². The van der Waals surface area contributed by atoms with Gasteiger partial charge in [-0.1, -0.05) is 12.1 Å². The third kappa shape index (κ3) is 4.41. The van der Waals surface area contributed by atoms with Gasteiger partial charge in [-0.15, -0.1) is 0 Å². The maximum absolute atomic E-state index is 12.5. The molecule has 5 nitrogen and oxygen atoms in total. The fourth-order valence-corrected chi connectivity index (χ4v) is 4.12. The van der Waals surface area contributed by atoms with Gasteiger partial charge in [0.05, 0.1) is 0 Å². The van der Waals surface area contributed by atoms with Crippen LogP contribution in [0.25, 0.3) is 0 Å². The second-order valence-electron chi connectivity index (χ2n) is 7.84. The molecule has 5 heteroatoms. The van der Waals surface area contributed by atoms with Crippen molar-refractivity contribution in [2.24, 2.45) is 0 Å². The summed E-state index contributed by atoms with van der Waals surface area (Å²) < 4.78 is 0. The summed E-state index contributed by atoms with van der Waals surface area (Å²) in [6.07, 6.45) is 3.96. The predicted molar refractivity (Wildman–Crippen MR) is 116 cm³/mol. The molecule has 2 aromatic carbocycles. The molecule has 2 saturated heterocycles. The van der Waals surface area contributed by atoms with Crippen molar-refractivity contribution in [1.82, 2.24) is 4.90 Å². The first-order chi connectivity index (χ1) is 13.7. The molecular formula is C23H30N4O. The van der Waals surface area contributed by atoms with Crippen molar-refractivity contribution in [3.05, 3.63) is 54.1 Å². The van der Waals surface area contributed by atoms with E-state index in [9.17, 15) is 4.79 Å². The van der Waals surface area contributed by atoms with Gasteiger partial charge in [0.25, 0.3) is 0 Å². The number of rotatable bonds is 3. The molecule has 2 amide bonds. The van der Waals surface area contributed by atoms with Crippen LogP contribution in [0.2, 0.25) is 0 Å². The third-order valence-electron chi connectivity index (χ3n) is 5.77. The molecule has 0 aromatic heterocycles. The van der Waals surface area contributed by atoms with Gasteiger partial charge in [-0.05, 0) is 68.1 Å². The molecule has 28 heavy (non-hydrogen) atoms. The van der Waals surface area contributed by atoms with E-state index >= 15 is 0 Å². The standard InChI is InChI=1S/C23H30N4O/c1-19-6-5-7-20(18-19)24-23(28)27-16-14-26(15-17-27)22-10-8-21(9-11-22)25-12-3-2-4-13-25/h5-11,18H,2-4,12-17H2,1H3,(H,24,28). The minimum absolute atomic E-state index is 0.00861. The maximum atomic E-state index is 12.5. The maximum Gasteiger partial charge on any atom is 0.321 e. The van der Waals surface area contributed by atoms with Gasteiger partial charge in [-0.2, -0.15) is 0 Å². The molecule has 2 aliphatic heterocycles. The van der Waals surface area contributed by atoms with Crippen LogP contribution in [0.15, 0.2) is 48.5 Å². The normalized spacial score (nSPS) is 17.5. The highest BCUT2D eigenvalue weighted by molar-refractivity contribution is 5.89. The first-order valence-corrected chi connectivity index (χ1v) is 10.4. The molecule has 2 fully saturated rings. The Kier molecular flexibility index (Phi) is 5.70. The lowest BCUT2D eigenvalue weighted by atomic mass is 10.1. The summed E-state index contributed by atoms with van der Waals surface area (Å²) in [4.78, 5) is 19.3. The van der Waals surface area contributed by atoms with Gasteiger partial charge in [0, 0.05) is 56.3 Å². The smallest absolute Gasteiger partial charge is 0.321 e. The molecule has 0 spiro atoms. The number of hydrogen-bond acceptors (Lipinski definition) is 3. The van der Waals surface area contributed by atoms with E-state index in [1.165, 1.54) is 43.7 Å². The van der Waals surface area contributed by atoms with Crippen molar-refractivity contribution in [2.75, 3.05) is 54.4 Å². The highest BCUT2D eigenvalue weighted by atomic mass is 16.2. The molecule has 2 aromatic rings. The molecule has 0 atom stereocenters. The number of anilines is 3. The molecule has 0 bridgehead atoms. The van der Waals surface area contributed by atoms with Gasteiger partial charge >= 0.3 is 6.03 Å². The molecule has 1 N–H and O–H groups in total. The number of piperazine rings is 1. The third-order valence-corrected chi connectivity index (χ3v) is 5.77. The van der Waals surface area contributed by atoms with Crippen molar-refractivity contribution in [3.8, 4) is 0 Å². The van der Waals surface area contributed by atoms with Gasteiger partial charge in [0.2, 0.25) is 0 Å². The summed E-state index contributed by atoms with van der Waals surface area (Å²) in [5.41, 5.74) is 4.59. The van der Waals surface area contributed by atoms with Crippen LogP contribution in [-0.2, 0) is 0 Å². The Hall–Kier alpha value is -2.69.